The number of carbonyl (C=O) groups excluding carboxylic acids is 1. The standard InChI is InChI=1S/C14H23N3O/c1-11-5-6-13(15-2)9-12(11)10-14(18)16-7-8-17(3)4/h5-6,9,15H,7-8,10H2,1-4H3,(H,16,18). The predicted octanol–water partition coefficient (Wildman–Crippen LogP) is 1.26. The molecule has 0 unspecified atom stereocenters. The Kier molecular flexibility index (Phi) is 5.65. The number of hydrogen-bond acceptors (Lipinski definition) is 3. The van der Waals surface area contributed by atoms with Crippen LogP contribution in [0.2, 0.25) is 0 Å². The van der Waals surface area contributed by atoms with Gasteiger partial charge >= 0.3 is 0 Å². The third kappa shape index (κ3) is 4.75. The van der Waals surface area contributed by atoms with Crippen LogP contribution in [0.15, 0.2) is 18.2 Å². The maximum Gasteiger partial charge on any atom is 0.224 e. The van der Waals surface area contributed by atoms with Crippen molar-refractivity contribution in [1.29, 1.82) is 0 Å². The van der Waals surface area contributed by atoms with E-state index in [2.05, 4.69) is 10.6 Å². The van der Waals surface area contributed by atoms with Crippen molar-refractivity contribution in [2.75, 3.05) is 39.5 Å². The van der Waals surface area contributed by atoms with E-state index in [4.69, 9.17) is 0 Å². The first kappa shape index (κ1) is 14.5. The van der Waals surface area contributed by atoms with Crippen molar-refractivity contribution in [3.8, 4) is 0 Å². The molecular weight excluding hydrogens is 226 g/mol. The van der Waals surface area contributed by atoms with Gasteiger partial charge in [0, 0.05) is 25.8 Å². The quantitative estimate of drug-likeness (QED) is 0.797. The van der Waals surface area contributed by atoms with Gasteiger partial charge < -0.3 is 15.5 Å². The molecule has 0 saturated heterocycles. The molecule has 4 heteroatoms. The van der Waals surface area contributed by atoms with Gasteiger partial charge in [0.05, 0.1) is 6.42 Å². The third-order valence-corrected chi connectivity index (χ3v) is 2.87. The number of nitrogens with one attached hydrogen (secondary N) is 2. The van der Waals surface area contributed by atoms with Crippen LogP contribution in [-0.4, -0.2) is 45.0 Å². The average Bonchev–Trinajstić information content (AvgIpc) is 2.31. The van der Waals surface area contributed by atoms with Crippen molar-refractivity contribution < 1.29 is 4.79 Å². The summed E-state index contributed by atoms with van der Waals surface area (Å²) >= 11 is 0. The minimum Gasteiger partial charge on any atom is -0.388 e. The van der Waals surface area contributed by atoms with E-state index in [1.807, 2.05) is 51.2 Å². The zero-order chi connectivity index (χ0) is 13.5. The summed E-state index contributed by atoms with van der Waals surface area (Å²) in [6.07, 6.45) is 0.439. The zero-order valence-electron chi connectivity index (χ0n) is 11.7. The summed E-state index contributed by atoms with van der Waals surface area (Å²) in [6.45, 7) is 3.58. The zero-order valence-corrected chi connectivity index (χ0v) is 11.7. The van der Waals surface area contributed by atoms with E-state index in [1.54, 1.807) is 0 Å². The molecule has 1 aromatic rings. The van der Waals surface area contributed by atoms with Crippen LogP contribution < -0.4 is 10.6 Å². The van der Waals surface area contributed by atoms with Gasteiger partial charge in [-0.3, -0.25) is 4.79 Å². The molecule has 0 heterocycles. The van der Waals surface area contributed by atoms with Crippen LogP contribution >= 0.6 is 0 Å². The molecule has 1 aromatic carbocycles. The van der Waals surface area contributed by atoms with E-state index in [1.165, 1.54) is 0 Å². The maximum absolute atomic E-state index is 11.8. The second-order valence-corrected chi connectivity index (χ2v) is 4.72. The molecule has 18 heavy (non-hydrogen) atoms. The molecule has 0 saturated carbocycles. The molecule has 0 bridgehead atoms. The highest BCUT2D eigenvalue weighted by molar-refractivity contribution is 5.79. The van der Waals surface area contributed by atoms with Crippen LogP contribution in [0.3, 0.4) is 0 Å². The number of hydrogen-bond donors (Lipinski definition) is 2. The highest BCUT2D eigenvalue weighted by Gasteiger charge is 2.06. The van der Waals surface area contributed by atoms with Crippen molar-refractivity contribution in [2.24, 2.45) is 0 Å². The van der Waals surface area contributed by atoms with Crippen molar-refractivity contribution in [3.63, 3.8) is 0 Å². The average molecular weight is 249 g/mol. The second kappa shape index (κ2) is 7.01. The Labute approximate surface area is 109 Å². The molecule has 0 fully saturated rings. The van der Waals surface area contributed by atoms with E-state index in [9.17, 15) is 4.79 Å². The van der Waals surface area contributed by atoms with Crippen LogP contribution in [0, 0.1) is 6.92 Å². The van der Waals surface area contributed by atoms with Crippen LogP contribution in [0.25, 0.3) is 0 Å². The first-order valence-electron chi connectivity index (χ1n) is 6.21. The summed E-state index contributed by atoms with van der Waals surface area (Å²) in [6, 6.07) is 6.08. The fourth-order valence-electron chi connectivity index (χ4n) is 1.67. The smallest absolute Gasteiger partial charge is 0.224 e. The number of likely N-dealkylation sites (N-methyl/N-ethyl adjacent to an activating group) is 1. The van der Waals surface area contributed by atoms with Gasteiger partial charge in [-0.25, -0.2) is 0 Å². The number of aryl methyl sites for hydroxylation is 1. The molecule has 2 N–H and O–H groups in total. The lowest BCUT2D eigenvalue weighted by atomic mass is 10.0. The first-order chi connectivity index (χ1) is 8.52. The van der Waals surface area contributed by atoms with E-state index in [0.717, 1.165) is 23.4 Å². The normalized spacial score (nSPS) is 10.5. The van der Waals surface area contributed by atoms with Crippen molar-refractivity contribution in [2.45, 2.75) is 13.3 Å². The van der Waals surface area contributed by atoms with Gasteiger partial charge in [0.15, 0.2) is 0 Å². The number of nitrogens with zero attached hydrogens (tertiary/aromatic N) is 1. The molecule has 1 amide bonds. The van der Waals surface area contributed by atoms with Crippen LogP contribution in [0.1, 0.15) is 11.1 Å². The first-order valence-corrected chi connectivity index (χ1v) is 6.21. The maximum atomic E-state index is 11.8. The van der Waals surface area contributed by atoms with Crippen LogP contribution in [-0.2, 0) is 11.2 Å². The summed E-state index contributed by atoms with van der Waals surface area (Å²) in [4.78, 5) is 13.8. The highest BCUT2D eigenvalue weighted by atomic mass is 16.1. The third-order valence-electron chi connectivity index (χ3n) is 2.87. The Morgan fingerprint density at radius 1 is 1.33 bits per heavy atom. The Hall–Kier alpha value is -1.55. The van der Waals surface area contributed by atoms with E-state index in [0.29, 0.717) is 13.0 Å². The Bertz CT molecular complexity index is 402. The molecule has 0 aromatic heterocycles. The number of rotatable bonds is 6. The predicted molar refractivity (Wildman–Crippen MR) is 76.0 cm³/mol. The topological polar surface area (TPSA) is 44.4 Å². The number of anilines is 1. The monoisotopic (exact) mass is 249 g/mol. The summed E-state index contributed by atoms with van der Waals surface area (Å²) in [7, 11) is 5.87. The van der Waals surface area contributed by atoms with Crippen LogP contribution in [0.4, 0.5) is 5.69 Å². The van der Waals surface area contributed by atoms with Gasteiger partial charge in [0.2, 0.25) is 5.91 Å². The second-order valence-electron chi connectivity index (χ2n) is 4.72. The van der Waals surface area contributed by atoms with Gasteiger partial charge in [-0.1, -0.05) is 6.07 Å². The van der Waals surface area contributed by atoms with Gasteiger partial charge in [-0.15, -0.1) is 0 Å². The summed E-state index contributed by atoms with van der Waals surface area (Å²) in [5.74, 6) is 0.0770. The summed E-state index contributed by atoms with van der Waals surface area (Å²) in [5, 5.41) is 6.01. The van der Waals surface area contributed by atoms with Crippen molar-refractivity contribution in [3.05, 3.63) is 29.3 Å². The number of carbonyl (C=O) groups is 1. The molecule has 0 radical (unpaired) electrons. The Morgan fingerprint density at radius 3 is 2.67 bits per heavy atom. The van der Waals surface area contributed by atoms with Gasteiger partial charge in [-0.05, 0) is 44.3 Å². The van der Waals surface area contributed by atoms with Gasteiger partial charge in [-0.2, -0.15) is 0 Å². The molecule has 0 aliphatic rings. The molecular formula is C14H23N3O. The minimum absolute atomic E-state index is 0.0770. The van der Waals surface area contributed by atoms with E-state index < -0.39 is 0 Å². The fraction of sp³-hybridized carbons (Fsp3) is 0.500. The van der Waals surface area contributed by atoms with Crippen LogP contribution in [0.5, 0.6) is 0 Å². The minimum atomic E-state index is 0.0770. The number of amides is 1. The fourth-order valence-corrected chi connectivity index (χ4v) is 1.67. The van der Waals surface area contributed by atoms with E-state index >= 15 is 0 Å². The molecule has 4 nitrogen and oxygen atoms in total. The number of benzene rings is 1. The Balaban J connectivity index is 2.53. The SMILES string of the molecule is CNc1ccc(C)c(CC(=O)NCCN(C)C)c1. The lowest BCUT2D eigenvalue weighted by Gasteiger charge is -2.12. The molecule has 0 atom stereocenters. The van der Waals surface area contributed by atoms with Gasteiger partial charge in [0.25, 0.3) is 0 Å². The lowest BCUT2D eigenvalue weighted by Crippen LogP contribution is -2.32. The summed E-state index contributed by atoms with van der Waals surface area (Å²) in [5.41, 5.74) is 3.26. The lowest BCUT2D eigenvalue weighted by molar-refractivity contribution is -0.120. The summed E-state index contributed by atoms with van der Waals surface area (Å²) < 4.78 is 0. The molecule has 0 aliphatic carbocycles. The molecule has 0 spiro atoms. The largest absolute Gasteiger partial charge is 0.388 e. The van der Waals surface area contributed by atoms with E-state index in [-0.39, 0.29) is 5.91 Å². The molecule has 100 valence electrons. The highest BCUT2D eigenvalue weighted by Crippen LogP contribution is 2.15. The molecule has 0 aliphatic heterocycles. The van der Waals surface area contributed by atoms with Crippen molar-refractivity contribution >= 4 is 11.6 Å². The van der Waals surface area contributed by atoms with Crippen molar-refractivity contribution in [1.82, 2.24) is 10.2 Å². The molecule has 1 rings (SSSR count). The van der Waals surface area contributed by atoms with Gasteiger partial charge in [0.1, 0.15) is 0 Å². The Morgan fingerprint density at radius 2 is 2.06 bits per heavy atom.